The highest BCUT2D eigenvalue weighted by atomic mass is 35.5. The standard InChI is InChI=1S/C9H11ClN4O2/c10-9-8(14(15)16)7(1-2-12-9)13-5-3-11-4-6-13/h1-2,11H,3-6H2. The Labute approximate surface area is 97.4 Å². The summed E-state index contributed by atoms with van der Waals surface area (Å²) >= 11 is 5.75. The van der Waals surface area contributed by atoms with Crippen LogP contribution in [0.1, 0.15) is 0 Å². The minimum Gasteiger partial charge on any atom is -0.363 e. The van der Waals surface area contributed by atoms with Crippen molar-refractivity contribution in [1.29, 1.82) is 0 Å². The van der Waals surface area contributed by atoms with Crippen LogP contribution in [0.2, 0.25) is 5.15 Å². The number of halogens is 1. The van der Waals surface area contributed by atoms with Gasteiger partial charge >= 0.3 is 5.69 Å². The third-order valence-electron chi connectivity index (χ3n) is 2.50. The number of hydrogen-bond acceptors (Lipinski definition) is 5. The molecule has 1 saturated heterocycles. The van der Waals surface area contributed by atoms with Crippen LogP contribution in [0.25, 0.3) is 0 Å². The van der Waals surface area contributed by atoms with Crippen LogP contribution in [0.4, 0.5) is 11.4 Å². The van der Waals surface area contributed by atoms with Gasteiger partial charge in [-0.2, -0.15) is 0 Å². The Kier molecular flexibility index (Phi) is 3.21. The molecule has 16 heavy (non-hydrogen) atoms. The van der Waals surface area contributed by atoms with Crippen molar-refractivity contribution in [3.8, 4) is 0 Å². The second kappa shape index (κ2) is 4.63. The molecule has 0 unspecified atom stereocenters. The zero-order valence-corrected chi connectivity index (χ0v) is 9.28. The fraction of sp³-hybridized carbons (Fsp3) is 0.444. The largest absolute Gasteiger partial charge is 0.363 e. The van der Waals surface area contributed by atoms with Gasteiger partial charge in [-0.25, -0.2) is 4.98 Å². The molecule has 1 aromatic heterocycles. The van der Waals surface area contributed by atoms with E-state index in [1.54, 1.807) is 6.07 Å². The Morgan fingerprint density at radius 1 is 1.50 bits per heavy atom. The molecule has 6 nitrogen and oxygen atoms in total. The fourth-order valence-electron chi connectivity index (χ4n) is 1.75. The van der Waals surface area contributed by atoms with Gasteiger partial charge in [-0.1, -0.05) is 11.6 Å². The van der Waals surface area contributed by atoms with E-state index in [0.717, 1.165) is 26.2 Å². The van der Waals surface area contributed by atoms with Crippen LogP contribution in [-0.4, -0.2) is 36.1 Å². The molecule has 0 bridgehead atoms. The smallest absolute Gasteiger partial charge is 0.329 e. The molecule has 0 saturated carbocycles. The van der Waals surface area contributed by atoms with E-state index in [0.29, 0.717) is 5.69 Å². The van der Waals surface area contributed by atoms with Crippen LogP contribution >= 0.6 is 11.6 Å². The highest BCUT2D eigenvalue weighted by Crippen LogP contribution is 2.33. The number of nitrogens with one attached hydrogen (secondary N) is 1. The number of hydrogen-bond donors (Lipinski definition) is 1. The molecule has 7 heteroatoms. The molecule has 1 N–H and O–H groups in total. The Balaban J connectivity index is 2.38. The van der Waals surface area contributed by atoms with Gasteiger partial charge < -0.3 is 10.2 Å². The Morgan fingerprint density at radius 3 is 2.81 bits per heavy atom. The van der Waals surface area contributed by atoms with Gasteiger partial charge in [0.1, 0.15) is 5.69 Å². The summed E-state index contributed by atoms with van der Waals surface area (Å²) in [6.07, 6.45) is 1.49. The first-order valence-electron chi connectivity index (χ1n) is 4.94. The molecule has 0 spiro atoms. The summed E-state index contributed by atoms with van der Waals surface area (Å²) in [6.45, 7) is 3.11. The maximum atomic E-state index is 10.9. The van der Waals surface area contributed by atoms with Gasteiger partial charge in [0, 0.05) is 32.4 Å². The quantitative estimate of drug-likeness (QED) is 0.477. The average molecular weight is 243 g/mol. The van der Waals surface area contributed by atoms with E-state index in [1.165, 1.54) is 6.20 Å². The molecule has 1 aromatic rings. The number of rotatable bonds is 2. The molecule has 0 aliphatic carbocycles. The van der Waals surface area contributed by atoms with Gasteiger partial charge in [-0.3, -0.25) is 10.1 Å². The van der Waals surface area contributed by atoms with Crippen LogP contribution in [0, 0.1) is 10.1 Å². The first kappa shape index (κ1) is 11.1. The molecule has 2 rings (SSSR count). The highest BCUT2D eigenvalue weighted by molar-refractivity contribution is 6.32. The van der Waals surface area contributed by atoms with E-state index in [4.69, 9.17) is 11.6 Å². The SMILES string of the molecule is O=[N+]([O-])c1c(N2CCNCC2)ccnc1Cl. The number of piperazine rings is 1. The summed E-state index contributed by atoms with van der Waals surface area (Å²) in [6, 6.07) is 1.63. The number of nitro groups is 1. The Morgan fingerprint density at radius 2 is 2.19 bits per heavy atom. The lowest BCUT2D eigenvalue weighted by Gasteiger charge is -2.28. The van der Waals surface area contributed by atoms with Gasteiger partial charge in [0.2, 0.25) is 5.15 Å². The molecule has 0 radical (unpaired) electrons. The first-order chi connectivity index (χ1) is 7.70. The van der Waals surface area contributed by atoms with Crippen LogP contribution in [-0.2, 0) is 0 Å². The molecule has 86 valence electrons. The molecule has 0 aromatic carbocycles. The first-order valence-corrected chi connectivity index (χ1v) is 5.32. The van der Waals surface area contributed by atoms with Crippen molar-refractivity contribution in [2.24, 2.45) is 0 Å². The van der Waals surface area contributed by atoms with E-state index in [2.05, 4.69) is 10.3 Å². The Hall–Kier alpha value is -1.40. The lowest BCUT2D eigenvalue weighted by Crippen LogP contribution is -2.43. The highest BCUT2D eigenvalue weighted by Gasteiger charge is 2.24. The van der Waals surface area contributed by atoms with Crippen LogP contribution in [0.3, 0.4) is 0 Å². The summed E-state index contributed by atoms with van der Waals surface area (Å²) in [5.74, 6) is 0. The zero-order chi connectivity index (χ0) is 11.5. The van der Waals surface area contributed by atoms with Crippen LogP contribution in [0.5, 0.6) is 0 Å². The monoisotopic (exact) mass is 242 g/mol. The van der Waals surface area contributed by atoms with Crippen LogP contribution < -0.4 is 10.2 Å². The minimum atomic E-state index is -0.479. The molecule has 1 aliphatic heterocycles. The molecule has 1 aliphatic rings. The maximum Gasteiger partial charge on any atom is 0.329 e. The van der Waals surface area contributed by atoms with Crippen molar-refractivity contribution in [2.45, 2.75) is 0 Å². The fourth-order valence-corrected chi connectivity index (χ4v) is 1.97. The van der Waals surface area contributed by atoms with Gasteiger partial charge in [-0.05, 0) is 6.07 Å². The van der Waals surface area contributed by atoms with Gasteiger partial charge in [-0.15, -0.1) is 0 Å². The number of aromatic nitrogens is 1. The van der Waals surface area contributed by atoms with Crippen molar-refractivity contribution >= 4 is 23.0 Å². The van der Waals surface area contributed by atoms with Crippen molar-refractivity contribution in [3.05, 3.63) is 27.5 Å². The van der Waals surface area contributed by atoms with E-state index >= 15 is 0 Å². The van der Waals surface area contributed by atoms with Crippen molar-refractivity contribution in [3.63, 3.8) is 0 Å². The van der Waals surface area contributed by atoms with Crippen LogP contribution in [0.15, 0.2) is 12.3 Å². The van der Waals surface area contributed by atoms with Crippen molar-refractivity contribution in [2.75, 3.05) is 31.1 Å². The molecule has 0 atom stereocenters. The average Bonchev–Trinajstić information content (AvgIpc) is 2.29. The maximum absolute atomic E-state index is 10.9. The second-order valence-corrected chi connectivity index (χ2v) is 3.82. The number of anilines is 1. The van der Waals surface area contributed by atoms with Gasteiger partial charge in [0.05, 0.1) is 4.92 Å². The van der Waals surface area contributed by atoms with E-state index in [-0.39, 0.29) is 10.8 Å². The third-order valence-corrected chi connectivity index (χ3v) is 2.78. The van der Waals surface area contributed by atoms with E-state index < -0.39 is 4.92 Å². The molecular formula is C9H11ClN4O2. The van der Waals surface area contributed by atoms with E-state index in [9.17, 15) is 10.1 Å². The lowest BCUT2D eigenvalue weighted by molar-refractivity contribution is -0.384. The third kappa shape index (κ3) is 2.07. The van der Waals surface area contributed by atoms with Crippen molar-refractivity contribution < 1.29 is 4.92 Å². The van der Waals surface area contributed by atoms with E-state index in [1.807, 2.05) is 4.90 Å². The number of pyridine rings is 1. The second-order valence-electron chi connectivity index (χ2n) is 3.46. The molecule has 1 fully saturated rings. The van der Waals surface area contributed by atoms with Crippen molar-refractivity contribution in [1.82, 2.24) is 10.3 Å². The normalized spacial score (nSPS) is 16.2. The summed E-state index contributed by atoms with van der Waals surface area (Å²) in [5.41, 5.74) is 0.442. The predicted octanol–water partition coefficient (Wildman–Crippen LogP) is 1.05. The topological polar surface area (TPSA) is 71.3 Å². The zero-order valence-electron chi connectivity index (χ0n) is 8.52. The molecular weight excluding hydrogens is 232 g/mol. The number of nitrogens with zero attached hydrogens (tertiary/aromatic N) is 3. The molecule has 2 heterocycles. The summed E-state index contributed by atoms with van der Waals surface area (Å²) < 4.78 is 0. The van der Waals surface area contributed by atoms with Gasteiger partial charge in [0.25, 0.3) is 0 Å². The van der Waals surface area contributed by atoms with Gasteiger partial charge in [0.15, 0.2) is 0 Å². The summed E-state index contributed by atoms with van der Waals surface area (Å²) in [4.78, 5) is 16.1. The molecule has 0 amide bonds. The Bertz CT molecular complexity index is 406. The predicted molar refractivity (Wildman–Crippen MR) is 61.0 cm³/mol. The summed E-state index contributed by atoms with van der Waals surface area (Å²) in [7, 11) is 0. The summed E-state index contributed by atoms with van der Waals surface area (Å²) in [5, 5.41) is 14.1. The lowest BCUT2D eigenvalue weighted by atomic mass is 10.2. The minimum absolute atomic E-state index is 0.0546.